The van der Waals surface area contributed by atoms with Gasteiger partial charge < -0.3 is 4.89 Å². The van der Waals surface area contributed by atoms with Crippen LogP contribution in [0.5, 0.6) is 0 Å². The molecule has 0 rings (SSSR count). The van der Waals surface area contributed by atoms with E-state index in [0.29, 0.717) is 0 Å². The highest BCUT2D eigenvalue weighted by Gasteiger charge is 2.20. The molecule has 0 saturated heterocycles. The number of hydrogen-bond acceptors (Lipinski definition) is 3. The summed E-state index contributed by atoms with van der Waals surface area (Å²) in [6, 6.07) is 0. The Morgan fingerprint density at radius 2 is 1.87 bits per heavy atom. The van der Waals surface area contributed by atoms with Gasteiger partial charge in [0, 0.05) is 15.8 Å². The SMILES string of the molecule is CCCC([SiH3])=C(C)C(=O)OO[Si](C)(C)C. The summed E-state index contributed by atoms with van der Waals surface area (Å²) in [5.41, 5.74) is 0.724. The summed E-state index contributed by atoms with van der Waals surface area (Å²) in [6.07, 6.45) is 2.05. The summed E-state index contributed by atoms with van der Waals surface area (Å²) in [6.45, 7) is 9.86. The van der Waals surface area contributed by atoms with Crippen molar-refractivity contribution in [1.82, 2.24) is 0 Å². The molecule has 0 aromatic heterocycles. The second-order valence-electron chi connectivity index (χ2n) is 4.72. The molecular weight excluding hydrogens is 224 g/mol. The van der Waals surface area contributed by atoms with E-state index >= 15 is 0 Å². The second-order valence-corrected chi connectivity index (χ2v) is 10.3. The van der Waals surface area contributed by atoms with Gasteiger partial charge in [-0.15, -0.1) is 0 Å². The van der Waals surface area contributed by atoms with Gasteiger partial charge in [-0.2, -0.15) is 0 Å². The highest BCUT2D eigenvalue weighted by atomic mass is 28.4. The molecule has 0 N–H and O–H groups in total. The highest BCUT2D eigenvalue weighted by Crippen LogP contribution is 2.11. The maximum Gasteiger partial charge on any atom is 0.366 e. The van der Waals surface area contributed by atoms with Gasteiger partial charge in [-0.25, -0.2) is 9.37 Å². The molecule has 0 aromatic carbocycles. The van der Waals surface area contributed by atoms with Crippen molar-refractivity contribution in [3.05, 3.63) is 10.8 Å². The van der Waals surface area contributed by atoms with Crippen LogP contribution in [0.2, 0.25) is 19.6 Å². The molecule has 0 aliphatic heterocycles. The smallest absolute Gasteiger partial charge is 0.305 e. The van der Waals surface area contributed by atoms with Crippen molar-refractivity contribution >= 4 is 24.5 Å². The first-order valence-corrected chi connectivity index (χ1v) is 9.75. The molecule has 0 fully saturated rings. The third-order valence-electron chi connectivity index (χ3n) is 1.94. The molecule has 0 saturated carbocycles. The molecule has 0 radical (unpaired) electrons. The number of rotatable bonds is 5. The Morgan fingerprint density at radius 1 is 1.33 bits per heavy atom. The molecule has 0 bridgehead atoms. The van der Waals surface area contributed by atoms with Crippen LogP contribution in [0.4, 0.5) is 0 Å². The summed E-state index contributed by atoms with van der Waals surface area (Å²) in [5.74, 6) is -0.323. The summed E-state index contributed by atoms with van der Waals surface area (Å²) in [5, 5.41) is 1.21. The normalized spacial score (nSPS) is 13.7. The van der Waals surface area contributed by atoms with Gasteiger partial charge in [0.1, 0.15) is 0 Å². The molecule has 0 aliphatic rings. The monoisotopic (exact) mass is 246 g/mol. The van der Waals surface area contributed by atoms with E-state index in [1.165, 1.54) is 5.20 Å². The Kier molecular flexibility index (Phi) is 6.08. The minimum atomic E-state index is -1.77. The lowest BCUT2D eigenvalue weighted by atomic mass is 10.2. The Bertz CT molecular complexity index is 254. The molecule has 0 aliphatic carbocycles. The van der Waals surface area contributed by atoms with Gasteiger partial charge in [0.25, 0.3) is 0 Å². The van der Waals surface area contributed by atoms with Gasteiger partial charge in [0.05, 0.1) is 0 Å². The van der Waals surface area contributed by atoms with Crippen molar-refractivity contribution in [2.24, 2.45) is 0 Å². The maximum absolute atomic E-state index is 11.5. The van der Waals surface area contributed by atoms with Crippen LogP contribution < -0.4 is 0 Å². The molecule has 0 amide bonds. The molecule has 0 heterocycles. The number of hydrogen-bond donors (Lipinski definition) is 0. The Balaban J connectivity index is 4.28. The predicted octanol–water partition coefficient (Wildman–Crippen LogP) is 1.74. The van der Waals surface area contributed by atoms with Gasteiger partial charge in [0.2, 0.25) is 8.32 Å². The van der Waals surface area contributed by atoms with Crippen molar-refractivity contribution in [2.45, 2.75) is 46.3 Å². The van der Waals surface area contributed by atoms with Crippen LogP contribution in [-0.4, -0.2) is 24.5 Å². The standard InChI is InChI=1S/C10H22O3Si2/c1-6-7-9(14)8(2)10(11)12-13-15(3,4)5/h6-7H2,1-5,14H3. The molecule has 88 valence electrons. The van der Waals surface area contributed by atoms with Gasteiger partial charge >= 0.3 is 5.97 Å². The van der Waals surface area contributed by atoms with E-state index in [1.54, 1.807) is 0 Å². The van der Waals surface area contributed by atoms with E-state index in [1.807, 2.05) is 26.6 Å². The van der Waals surface area contributed by atoms with Crippen LogP contribution in [0.3, 0.4) is 0 Å². The predicted molar refractivity (Wildman–Crippen MR) is 68.1 cm³/mol. The van der Waals surface area contributed by atoms with Gasteiger partial charge in [0.15, 0.2) is 0 Å². The molecule has 0 aromatic rings. The molecule has 15 heavy (non-hydrogen) atoms. The van der Waals surface area contributed by atoms with Gasteiger partial charge in [-0.05, 0) is 33.0 Å². The zero-order chi connectivity index (χ0) is 12.1. The first-order chi connectivity index (χ1) is 6.78. The van der Waals surface area contributed by atoms with E-state index < -0.39 is 8.32 Å². The van der Waals surface area contributed by atoms with Crippen LogP contribution >= 0.6 is 0 Å². The number of carbonyl (C=O) groups excluding carboxylic acids is 1. The highest BCUT2D eigenvalue weighted by molar-refractivity contribution is 6.69. The Morgan fingerprint density at radius 3 is 2.27 bits per heavy atom. The minimum absolute atomic E-state index is 0.323. The lowest BCUT2D eigenvalue weighted by Gasteiger charge is -2.15. The second kappa shape index (κ2) is 6.24. The average molecular weight is 246 g/mol. The molecule has 3 nitrogen and oxygen atoms in total. The maximum atomic E-state index is 11.5. The summed E-state index contributed by atoms with van der Waals surface area (Å²) in [7, 11) is -0.862. The van der Waals surface area contributed by atoms with Gasteiger partial charge in [-0.3, -0.25) is 0 Å². The van der Waals surface area contributed by atoms with Gasteiger partial charge in [-0.1, -0.05) is 18.5 Å². The topological polar surface area (TPSA) is 35.5 Å². The Labute approximate surface area is 96.3 Å². The fraction of sp³-hybridized carbons (Fsp3) is 0.700. The first kappa shape index (κ1) is 14.6. The largest absolute Gasteiger partial charge is 0.366 e. The van der Waals surface area contributed by atoms with Crippen LogP contribution in [-0.2, 0) is 14.3 Å². The summed E-state index contributed by atoms with van der Waals surface area (Å²) < 4.78 is 5.11. The lowest BCUT2D eigenvalue weighted by molar-refractivity contribution is -0.214. The minimum Gasteiger partial charge on any atom is -0.305 e. The lowest BCUT2D eigenvalue weighted by Crippen LogP contribution is -2.27. The quantitative estimate of drug-likeness (QED) is 0.321. The van der Waals surface area contributed by atoms with E-state index in [4.69, 9.17) is 9.46 Å². The fourth-order valence-electron chi connectivity index (χ4n) is 0.962. The zero-order valence-corrected chi connectivity index (χ0v) is 13.6. The van der Waals surface area contributed by atoms with E-state index in [-0.39, 0.29) is 5.97 Å². The third kappa shape index (κ3) is 6.64. The van der Waals surface area contributed by atoms with Crippen molar-refractivity contribution < 1.29 is 14.3 Å². The van der Waals surface area contributed by atoms with E-state index in [0.717, 1.165) is 28.7 Å². The summed E-state index contributed by atoms with van der Waals surface area (Å²) >= 11 is 0. The fourth-order valence-corrected chi connectivity index (χ4v) is 1.99. The van der Waals surface area contributed by atoms with Crippen molar-refractivity contribution in [3.8, 4) is 0 Å². The Hall–Kier alpha value is -0.396. The van der Waals surface area contributed by atoms with Crippen molar-refractivity contribution in [3.63, 3.8) is 0 Å². The van der Waals surface area contributed by atoms with Crippen LogP contribution in [0.1, 0.15) is 26.7 Å². The van der Waals surface area contributed by atoms with Crippen molar-refractivity contribution in [1.29, 1.82) is 0 Å². The molecule has 5 heteroatoms. The molecular formula is C10H22O3Si2. The zero-order valence-electron chi connectivity index (χ0n) is 10.6. The number of carbonyl (C=O) groups is 1. The van der Waals surface area contributed by atoms with Crippen LogP contribution in [0.15, 0.2) is 10.8 Å². The van der Waals surface area contributed by atoms with Crippen molar-refractivity contribution in [2.75, 3.05) is 0 Å². The van der Waals surface area contributed by atoms with Crippen LogP contribution in [0, 0.1) is 0 Å². The van der Waals surface area contributed by atoms with E-state index in [2.05, 4.69) is 6.92 Å². The molecule has 0 spiro atoms. The molecule has 0 unspecified atom stereocenters. The molecule has 0 atom stereocenters. The average Bonchev–Trinajstić information content (AvgIpc) is 2.12. The van der Waals surface area contributed by atoms with E-state index in [9.17, 15) is 4.79 Å². The first-order valence-electron chi connectivity index (χ1n) is 5.34. The van der Waals surface area contributed by atoms with Crippen LogP contribution in [0.25, 0.3) is 0 Å². The summed E-state index contributed by atoms with van der Waals surface area (Å²) in [4.78, 5) is 16.4. The third-order valence-corrected chi connectivity index (χ3v) is 3.77. The number of allylic oxidation sites excluding steroid dienone is 1.